The van der Waals surface area contributed by atoms with Gasteiger partial charge in [-0.3, -0.25) is 0 Å². The topological polar surface area (TPSA) is 66.9 Å². The quantitative estimate of drug-likeness (QED) is 0.775. The standard InChI is InChI=1S/C18H25ClN2O4S/c1-14-5-4-6-16(13-25-18(22)20-11-2-3-12-20)21(14)26(23,24)17-9-7-15(19)8-10-17/h7-10,14,16H,2-6,11-13H2,1H3/t14-,16?/m1/s1. The Bertz CT molecular complexity index is 732. The van der Waals surface area contributed by atoms with Crippen LogP contribution < -0.4 is 0 Å². The summed E-state index contributed by atoms with van der Waals surface area (Å²) >= 11 is 5.88. The van der Waals surface area contributed by atoms with Crippen LogP contribution in [0.2, 0.25) is 5.02 Å². The minimum absolute atomic E-state index is 0.0898. The summed E-state index contributed by atoms with van der Waals surface area (Å²) in [6.45, 7) is 3.42. The second-order valence-electron chi connectivity index (χ2n) is 6.99. The maximum Gasteiger partial charge on any atom is 0.409 e. The molecule has 0 N–H and O–H groups in total. The molecule has 1 unspecified atom stereocenters. The van der Waals surface area contributed by atoms with Crippen LogP contribution in [-0.4, -0.2) is 55.5 Å². The van der Waals surface area contributed by atoms with E-state index in [4.69, 9.17) is 16.3 Å². The number of halogens is 1. The highest BCUT2D eigenvalue weighted by molar-refractivity contribution is 7.89. The van der Waals surface area contributed by atoms with Crippen molar-refractivity contribution in [3.63, 3.8) is 0 Å². The van der Waals surface area contributed by atoms with Crippen LogP contribution in [0.3, 0.4) is 0 Å². The first-order chi connectivity index (χ1) is 12.4. The van der Waals surface area contributed by atoms with Crippen molar-refractivity contribution >= 4 is 27.7 Å². The predicted molar refractivity (Wildman–Crippen MR) is 99.7 cm³/mol. The third kappa shape index (κ3) is 4.15. The number of likely N-dealkylation sites (tertiary alicyclic amines) is 1. The van der Waals surface area contributed by atoms with E-state index >= 15 is 0 Å². The van der Waals surface area contributed by atoms with Gasteiger partial charge in [0.05, 0.1) is 10.9 Å². The number of nitrogens with zero attached hydrogens (tertiary/aromatic N) is 2. The summed E-state index contributed by atoms with van der Waals surface area (Å²) in [6.07, 6.45) is 4.04. The zero-order valence-electron chi connectivity index (χ0n) is 14.9. The number of rotatable bonds is 4. The molecule has 0 aromatic heterocycles. The van der Waals surface area contributed by atoms with E-state index in [0.29, 0.717) is 24.5 Å². The molecule has 2 aliphatic heterocycles. The fraction of sp³-hybridized carbons (Fsp3) is 0.611. The Hall–Kier alpha value is -1.31. The minimum atomic E-state index is -3.67. The molecule has 0 spiro atoms. The molecule has 0 saturated carbocycles. The minimum Gasteiger partial charge on any atom is -0.448 e. The number of hydrogen-bond acceptors (Lipinski definition) is 4. The van der Waals surface area contributed by atoms with E-state index in [2.05, 4.69) is 0 Å². The zero-order chi connectivity index (χ0) is 18.7. The van der Waals surface area contributed by atoms with Gasteiger partial charge in [-0.2, -0.15) is 4.31 Å². The molecule has 0 aliphatic carbocycles. The molecule has 8 heteroatoms. The highest BCUT2D eigenvalue weighted by Gasteiger charge is 2.38. The molecule has 2 saturated heterocycles. The van der Waals surface area contributed by atoms with Crippen LogP contribution in [0.15, 0.2) is 29.2 Å². The Morgan fingerprint density at radius 1 is 1.15 bits per heavy atom. The number of piperidine rings is 1. The number of carbonyl (C=O) groups excluding carboxylic acids is 1. The summed E-state index contributed by atoms with van der Waals surface area (Å²) in [5.41, 5.74) is 0. The van der Waals surface area contributed by atoms with Gasteiger partial charge in [-0.05, 0) is 56.9 Å². The van der Waals surface area contributed by atoms with Crippen LogP contribution >= 0.6 is 11.6 Å². The summed E-state index contributed by atoms with van der Waals surface area (Å²) in [5, 5.41) is 0.492. The monoisotopic (exact) mass is 400 g/mol. The third-order valence-electron chi connectivity index (χ3n) is 5.11. The van der Waals surface area contributed by atoms with Crippen molar-refractivity contribution in [2.75, 3.05) is 19.7 Å². The molecule has 1 amide bonds. The Morgan fingerprint density at radius 2 is 1.81 bits per heavy atom. The molecule has 1 aromatic rings. The molecule has 6 nitrogen and oxygen atoms in total. The van der Waals surface area contributed by atoms with E-state index in [1.807, 2.05) is 6.92 Å². The molecular formula is C18H25ClN2O4S. The van der Waals surface area contributed by atoms with Crippen LogP contribution in [0.1, 0.15) is 39.0 Å². The van der Waals surface area contributed by atoms with Crippen molar-refractivity contribution in [3.05, 3.63) is 29.3 Å². The normalized spacial score (nSPS) is 24.6. The summed E-state index contributed by atoms with van der Waals surface area (Å²) < 4.78 is 33.3. The average molecular weight is 401 g/mol. The number of ether oxygens (including phenoxy) is 1. The van der Waals surface area contributed by atoms with E-state index in [0.717, 1.165) is 25.7 Å². The smallest absolute Gasteiger partial charge is 0.409 e. The van der Waals surface area contributed by atoms with Gasteiger partial charge in [0.25, 0.3) is 0 Å². The van der Waals surface area contributed by atoms with Gasteiger partial charge in [0.15, 0.2) is 0 Å². The number of benzene rings is 1. The molecule has 2 fully saturated rings. The first-order valence-corrected chi connectivity index (χ1v) is 10.9. The van der Waals surface area contributed by atoms with E-state index in [-0.39, 0.29) is 29.7 Å². The van der Waals surface area contributed by atoms with Crippen LogP contribution in [0.4, 0.5) is 4.79 Å². The Kier molecular flexibility index (Phi) is 6.10. The van der Waals surface area contributed by atoms with Gasteiger partial charge in [-0.25, -0.2) is 13.2 Å². The van der Waals surface area contributed by atoms with Crippen molar-refractivity contribution in [1.29, 1.82) is 0 Å². The summed E-state index contributed by atoms with van der Waals surface area (Å²) in [7, 11) is -3.67. The summed E-state index contributed by atoms with van der Waals surface area (Å²) in [5.74, 6) is 0. The third-order valence-corrected chi connectivity index (χ3v) is 7.44. The van der Waals surface area contributed by atoms with Crippen LogP contribution in [0.25, 0.3) is 0 Å². The van der Waals surface area contributed by atoms with E-state index in [9.17, 15) is 13.2 Å². The lowest BCUT2D eigenvalue weighted by Gasteiger charge is -2.39. The van der Waals surface area contributed by atoms with Crippen molar-refractivity contribution in [2.45, 2.75) is 56.0 Å². The molecule has 2 atom stereocenters. The average Bonchev–Trinajstić information content (AvgIpc) is 3.14. The molecule has 1 aromatic carbocycles. The Morgan fingerprint density at radius 3 is 2.46 bits per heavy atom. The van der Waals surface area contributed by atoms with Gasteiger partial charge >= 0.3 is 6.09 Å². The number of amides is 1. The van der Waals surface area contributed by atoms with Crippen molar-refractivity contribution in [2.24, 2.45) is 0 Å². The first-order valence-electron chi connectivity index (χ1n) is 9.10. The van der Waals surface area contributed by atoms with Gasteiger partial charge in [0, 0.05) is 24.2 Å². The molecule has 3 rings (SSSR count). The lowest BCUT2D eigenvalue weighted by atomic mass is 10.0. The fourth-order valence-corrected chi connectivity index (χ4v) is 5.73. The van der Waals surface area contributed by atoms with Crippen LogP contribution in [0.5, 0.6) is 0 Å². The van der Waals surface area contributed by atoms with Gasteiger partial charge in [0.1, 0.15) is 6.61 Å². The summed E-state index contributed by atoms with van der Waals surface area (Å²) in [6, 6.07) is 5.71. The summed E-state index contributed by atoms with van der Waals surface area (Å²) in [4.78, 5) is 14.1. The molecule has 0 bridgehead atoms. The van der Waals surface area contributed by atoms with E-state index in [1.165, 1.54) is 16.4 Å². The maximum atomic E-state index is 13.2. The second-order valence-corrected chi connectivity index (χ2v) is 9.27. The van der Waals surface area contributed by atoms with Crippen molar-refractivity contribution in [1.82, 2.24) is 9.21 Å². The molecule has 26 heavy (non-hydrogen) atoms. The van der Waals surface area contributed by atoms with Gasteiger partial charge in [-0.15, -0.1) is 0 Å². The molecule has 2 aliphatic rings. The van der Waals surface area contributed by atoms with E-state index in [1.54, 1.807) is 17.0 Å². The first kappa shape index (κ1) is 19.5. The largest absolute Gasteiger partial charge is 0.448 e. The number of sulfonamides is 1. The lowest BCUT2D eigenvalue weighted by molar-refractivity contribution is 0.0692. The fourth-order valence-electron chi connectivity index (χ4n) is 3.74. The van der Waals surface area contributed by atoms with Gasteiger partial charge < -0.3 is 9.64 Å². The van der Waals surface area contributed by atoms with Gasteiger partial charge in [0.2, 0.25) is 10.0 Å². The Balaban J connectivity index is 1.75. The van der Waals surface area contributed by atoms with Crippen LogP contribution in [-0.2, 0) is 14.8 Å². The van der Waals surface area contributed by atoms with Crippen molar-refractivity contribution < 1.29 is 17.9 Å². The highest BCUT2D eigenvalue weighted by atomic mass is 35.5. The highest BCUT2D eigenvalue weighted by Crippen LogP contribution is 2.30. The van der Waals surface area contributed by atoms with E-state index < -0.39 is 10.0 Å². The second kappa shape index (κ2) is 8.15. The SMILES string of the molecule is C[C@@H]1CCCC(COC(=O)N2CCCC2)N1S(=O)(=O)c1ccc(Cl)cc1. The molecule has 0 radical (unpaired) electrons. The van der Waals surface area contributed by atoms with Gasteiger partial charge in [-0.1, -0.05) is 18.0 Å². The molecule has 144 valence electrons. The van der Waals surface area contributed by atoms with Crippen molar-refractivity contribution in [3.8, 4) is 0 Å². The number of carbonyl (C=O) groups is 1. The maximum absolute atomic E-state index is 13.2. The van der Waals surface area contributed by atoms with Crippen LogP contribution in [0, 0.1) is 0 Å². The Labute approximate surface area is 160 Å². The predicted octanol–water partition coefficient (Wildman–Crippen LogP) is 3.50. The lowest BCUT2D eigenvalue weighted by Crippen LogP contribution is -2.51. The number of hydrogen-bond donors (Lipinski definition) is 0. The molecule has 2 heterocycles. The molecular weight excluding hydrogens is 376 g/mol. The zero-order valence-corrected chi connectivity index (χ0v) is 16.5.